The fraction of sp³-hybridized carbons (Fsp3) is 0.357. The van der Waals surface area contributed by atoms with Crippen LogP contribution in [0.25, 0.3) is 11.5 Å². The molecule has 0 N–H and O–H groups in total. The molecule has 3 aromatic heterocycles. The summed E-state index contributed by atoms with van der Waals surface area (Å²) in [5, 5.41) is 12.6. The first-order valence-electron chi connectivity index (χ1n) is 7.03. The summed E-state index contributed by atoms with van der Waals surface area (Å²) in [6.45, 7) is 1.98. The molecule has 0 radical (unpaired) electrons. The number of pyridine rings is 1. The Hall–Kier alpha value is -2.22. The van der Waals surface area contributed by atoms with Crippen molar-refractivity contribution in [3.05, 3.63) is 36.2 Å². The van der Waals surface area contributed by atoms with E-state index in [1.165, 1.54) is 11.8 Å². The van der Waals surface area contributed by atoms with Crippen LogP contribution in [-0.2, 0) is 0 Å². The van der Waals surface area contributed by atoms with Gasteiger partial charge in [-0.15, -0.1) is 10.2 Å². The lowest BCUT2D eigenvalue weighted by Gasteiger charge is -2.00. The lowest BCUT2D eigenvalue weighted by atomic mass is 10.3. The zero-order valence-corrected chi connectivity index (χ0v) is 12.7. The van der Waals surface area contributed by atoms with Gasteiger partial charge in [0.05, 0.1) is 5.25 Å². The van der Waals surface area contributed by atoms with Crippen LogP contribution in [0.15, 0.2) is 38.7 Å². The van der Waals surface area contributed by atoms with E-state index >= 15 is 0 Å². The van der Waals surface area contributed by atoms with Crippen molar-refractivity contribution in [2.24, 2.45) is 0 Å². The molecule has 22 heavy (non-hydrogen) atoms. The fourth-order valence-electron chi connectivity index (χ4n) is 1.99. The lowest BCUT2D eigenvalue weighted by Crippen LogP contribution is -1.90. The Bertz CT molecular complexity index is 768. The van der Waals surface area contributed by atoms with Crippen LogP contribution in [0.2, 0.25) is 0 Å². The molecular formula is C14H13N5O2S. The van der Waals surface area contributed by atoms with Gasteiger partial charge in [0.15, 0.2) is 5.82 Å². The topological polar surface area (TPSA) is 90.7 Å². The molecule has 1 aliphatic carbocycles. The normalized spacial score (nSPS) is 15.9. The summed E-state index contributed by atoms with van der Waals surface area (Å²) in [7, 11) is 0. The molecule has 0 aromatic carbocycles. The largest absolute Gasteiger partial charge is 0.411 e. The standard InChI is InChI=1S/C14H13N5O2S/c1-8(12-16-11(19-21-12)9-2-3-9)22-14-18-17-13(20-14)10-4-6-15-7-5-10/h4-9H,2-3H2,1H3. The van der Waals surface area contributed by atoms with E-state index in [1.807, 2.05) is 19.1 Å². The Labute approximate surface area is 130 Å². The van der Waals surface area contributed by atoms with Crippen molar-refractivity contribution < 1.29 is 8.94 Å². The number of nitrogens with zero attached hydrogens (tertiary/aromatic N) is 5. The fourth-order valence-corrected chi connectivity index (χ4v) is 2.70. The molecule has 3 heterocycles. The van der Waals surface area contributed by atoms with Gasteiger partial charge in [-0.05, 0) is 31.9 Å². The quantitative estimate of drug-likeness (QED) is 0.663. The average molecular weight is 315 g/mol. The summed E-state index contributed by atoms with van der Waals surface area (Å²) in [5.41, 5.74) is 0.843. The molecule has 112 valence electrons. The van der Waals surface area contributed by atoms with Crippen molar-refractivity contribution in [3.63, 3.8) is 0 Å². The number of hydrogen-bond acceptors (Lipinski definition) is 8. The molecule has 7 nitrogen and oxygen atoms in total. The minimum atomic E-state index is -0.0364. The van der Waals surface area contributed by atoms with E-state index in [2.05, 4.69) is 25.3 Å². The van der Waals surface area contributed by atoms with Crippen LogP contribution >= 0.6 is 11.8 Å². The van der Waals surface area contributed by atoms with Crippen molar-refractivity contribution in [2.75, 3.05) is 0 Å². The van der Waals surface area contributed by atoms with Gasteiger partial charge >= 0.3 is 0 Å². The molecule has 0 saturated heterocycles. The maximum absolute atomic E-state index is 5.65. The van der Waals surface area contributed by atoms with Crippen molar-refractivity contribution in [1.29, 1.82) is 0 Å². The van der Waals surface area contributed by atoms with Crippen LogP contribution in [0.3, 0.4) is 0 Å². The van der Waals surface area contributed by atoms with E-state index in [-0.39, 0.29) is 5.25 Å². The lowest BCUT2D eigenvalue weighted by molar-refractivity contribution is 0.374. The first-order valence-corrected chi connectivity index (χ1v) is 7.91. The van der Waals surface area contributed by atoms with Crippen molar-refractivity contribution in [3.8, 4) is 11.5 Å². The zero-order valence-electron chi connectivity index (χ0n) is 11.8. The molecule has 1 atom stereocenters. The first-order chi connectivity index (χ1) is 10.8. The molecule has 1 aliphatic rings. The second kappa shape index (κ2) is 5.53. The van der Waals surface area contributed by atoms with E-state index in [1.54, 1.807) is 12.4 Å². The average Bonchev–Trinajstić information content (AvgIpc) is 3.10. The Balaban J connectivity index is 1.47. The van der Waals surface area contributed by atoms with Gasteiger partial charge in [0.25, 0.3) is 5.22 Å². The molecule has 0 aliphatic heterocycles. The maximum atomic E-state index is 5.65. The summed E-state index contributed by atoms with van der Waals surface area (Å²) >= 11 is 1.41. The van der Waals surface area contributed by atoms with Gasteiger partial charge in [-0.3, -0.25) is 4.98 Å². The minimum absolute atomic E-state index is 0.0364. The highest BCUT2D eigenvalue weighted by Gasteiger charge is 2.30. The summed E-state index contributed by atoms with van der Waals surface area (Å²) in [5.74, 6) is 2.36. The van der Waals surface area contributed by atoms with E-state index in [9.17, 15) is 0 Å². The Morgan fingerprint density at radius 1 is 1.23 bits per heavy atom. The third-order valence-corrected chi connectivity index (χ3v) is 4.28. The van der Waals surface area contributed by atoms with Crippen LogP contribution < -0.4 is 0 Å². The summed E-state index contributed by atoms with van der Waals surface area (Å²) < 4.78 is 11.0. The van der Waals surface area contributed by atoms with Gasteiger partial charge in [-0.1, -0.05) is 16.9 Å². The van der Waals surface area contributed by atoms with E-state index in [0.29, 0.717) is 22.9 Å². The molecule has 1 saturated carbocycles. The SMILES string of the molecule is CC(Sc1nnc(-c2ccncc2)o1)c1nc(C2CC2)no1. The summed E-state index contributed by atoms with van der Waals surface area (Å²) in [6.07, 6.45) is 5.68. The molecule has 8 heteroatoms. The molecule has 1 unspecified atom stereocenters. The van der Waals surface area contributed by atoms with Crippen LogP contribution in [0, 0.1) is 0 Å². The van der Waals surface area contributed by atoms with Crippen molar-refractivity contribution >= 4 is 11.8 Å². The van der Waals surface area contributed by atoms with Crippen molar-refractivity contribution in [2.45, 2.75) is 36.2 Å². The molecule has 1 fully saturated rings. The number of aromatic nitrogens is 5. The van der Waals surface area contributed by atoms with Crippen LogP contribution in [0.4, 0.5) is 0 Å². The van der Waals surface area contributed by atoms with Gasteiger partial charge < -0.3 is 8.94 Å². The highest BCUT2D eigenvalue weighted by molar-refractivity contribution is 7.99. The second-order valence-corrected chi connectivity index (χ2v) is 6.43. The van der Waals surface area contributed by atoms with Gasteiger partial charge in [-0.25, -0.2) is 0 Å². The molecule has 0 amide bonds. The molecule has 0 bridgehead atoms. The van der Waals surface area contributed by atoms with E-state index in [4.69, 9.17) is 8.94 Å². The first kappa shape index (κ1) is 13.4. The minimum Gasteiger partial charge on any atom is -0.411 e. The van der Waals surface area contributed by atoms with Crippen LogP contribution in [0.1, 0.15) is 42.6 Å². The number of thioether (sulfide) groups is 1. The summed E-state index contributed by atoms with van der Waals surface area (Å²) in [4.78, 5) is 8.40. The smallest absolute Gasteiger partial charge is 0.277 e. The van der Waals surface area contributed by atoms with Crippen LogP contribution in [-0.4, -0.2) is 25.3 Å². The molecule has 4 rings (SSSR count). The van der Waals surface area contributed by atoms with Crippen molar-refractivity contribution in [1.82, 2.24) is 25.3 Å². The third-order valence-electron chi connectivity index (χ3n) is 3.36. The predicted octanol–water partition coefficient (Wildman–Crippen LogP) is 3.25. The molecular weight excluding hydrogens is 302 g/mol. The molecule has 3 aromatic rings. The van der Waals surface area contributed by atoms with E-state index < -0.39 is 0 Å². The Morgan fingerprint density at radius 3 is 2.82 bits per heavy atom. The van der Waals surface area contributed by atoms with Gasteiger partial charge in [-0.2, -0.15) is 4.98 Å². The molecule has 0 spiro atoms. The predicted molar refractivity (Wildman–Crippen MR) is 78.1 cm³/mol. The maximum Gasteiger partial charge on any atom is 0.277 e. The van der Waals surface area contributed by atoms with E-state index in [0.717, 1.165) is 24.2 Å². The zero-order chi connectivity index (χ0) is 14.9. The van der Waals surface area contributed by atoms with Gasteiger partial charge in [0.2, 0.25) is 11.8 Å². The van der Waals surface area contributed by atoms with Crippen LogP contribution in [0.5, 0.6) is 0 Å². The monoisotopic (exact) mass is 315 g/mol. The Kier molecular flexibility index (Phi) is 3.38. The third kappa shape index (κ3) is 2.74. The van der Waals surface area contributed by atoms with Gasteiger partial charge in [0, 0.05) is 23.9 Å². The second-order valence-electron chi connectivity index (χ2n) is 5.13. The highest BCUT2D eigenvalue weighted by Crippen LogP contribution is 2.40. The number of rotatable bonds is 5. The highest BCUT2D eigenvalue weighted by atomic mass is 32.2. The number of hydrogen-bond donors (Lipinski definition) is 0. The van der Waals surface area contributed by atoms with Gasteiger partial charge in [0.1, 0.15) is 0 Å². The Morgan fingerprint density at radius 2 is 2.05 bits per heavy atom. The summed E-state index contributed by atoms with van der Waals surface area (Å²) in [6, 6.07) is 3.65.